The maximum absolute atomic E-state index is 13.7. The van der Waals surface area contributed by atoms with Crippen LogP contribution in [0.15, 0.2) is 18.2 Å². The summed E-state index contributed by atoms with van der Waals surface area (Å²) < 4.78 is 39.9. The molecule has 3 nitrogen and oxygen atoms in total. The predicted octanol–water partition coefficient (Wildman–Crippen LogP) is 3.49. The molecule has 0 saturated heterocycles. The Kier molecular flexibility index (Phi) is 4.13. The van der Waals surface area contributed by atoms with E-state index >= 15 is 0 Å². The molecule has 0 radical (unpaired) electrons. The van der Waals surface area contributed by atoms with Crippen LogP contribution in [-0.4, -0.2) is 9.97 Å². The van der Waals surface area contributed by atoms with E-state index in [0.29, 0.717) is 28.7 Å². The lowest BCUT2D eigenvalue weighted by atomic mass is 10.1. The fourth-order valence-corrected chi connectivity index (χ4v) is 2.26. The van der Waals surface area contributed by atoms with E-state index < -0.39 is 17.5 Å². The average Bonchev–Trinajstić information content (AvgIpc) is 2.34. The Morgan fingerprint density at radius 2 is 1.67 bits per heavy atom. The third kappa shape index (κ3) is 3.13. The number of thiocarbonyl (C=S) groups is 1. The van der Waals surface area contributed by atoms with E-state index in [9.17, 15) is 13.2 Å². The summed E-state index contributed by atoms with van der Waals surface area (Å²) in [7, 11) is 0. The lowest BCUT2D eigenvalue weighted by Crippen LogP contribution is -2.15. The fraction of sp³-hybridized carbons (Fsp3) is 0.143. The minimum Gasteiger partial charge on any atom is -0.389 e. The lowest BCUT2D eigenvalue weighted by Gasteiger charge is -2.15. The van der Waals surface area contributed by atoms with Crippen LogP contribution in [0, 0.1) is 31.3 Å². The van der Waals surface area contributed by atoms with Gasteiger partial charge in [-0.1, -0.05) is 12.2 Å². The molecule has 0 aliphatic rings. The molecule has 0 aliphatic carbocycles. The number of benzene rings is 1. The van der Waals surface area contributed by atoms with E-state index in [0.717, 1.165) is 6.07 Å². The van der Waals surface area contributed by atoms with Crippen molar-refractivity contribution in [3.05, 3.63) is 52.6 Å². The first-order chi connectivity index (χ1) is 9.79. The summed E-state index contributed by atoms with van der Waals surface area (Å²) >= 11 is 4.95. The van der Waals surface area contributed by atoms with E-state index in [4.69, 9.17) is 18.0 Å². The van der Waals surface area contributed by atoms with Crippen molar-refractivity contribution in [2.24, 2.45) is 5.73 Å². The molecule has 2 aromatic rings. The van der Waals surface area contributed by atoms with Crippen molar-refractivity contribution in [1.82, 2.24) is 4.98 Å². The number of hydrogen-bond acceptors (Lipinski definition) is 3. The quantitative estimate of drug-likeness (QED) is 0.673. The van der Waals surface area contributed by atoms with Crippen LogP contribution in [-0.2, 0) is 0 Å². The van der Waals surface area contributed by atoms with Gasteiger partial charge in [-0.2, -0.15) is 0 Å². The van der Waals surface area contributed by atoms with E-state index in [-0.39, 0.29) is 10.7 Å². The Balaban J connectivity index is 2.54. The number of aromatic nitrogens is 1. The number of hydrogen-bond donors (Lipinski definition) is 2. The van der Waals surface area contributed by atoms with Crippen molar-refractivity contribution in [3.63, 3.8) is 0 Å². The van der Waals surface area contributed by atoms with E-state index in [1.807, 2.05) is 0 Å². The number of anilines is 2. The van der Waals surface area contributed by atoms with Crippen molar-refractivity contribution in [2.45, 2.75) is 13.8 Å². The number of nitrogens with one attached hydrogen (secondary N) is 1. The zero-order valence-corrected chi connectivity index (χ0v) is 12.1. The Morgan fingerprint density at radius 3 is 2.29 bits per heavy atom. The number of aryl methyl sites for hydroxylation is 2. The summed E-state index contributed by atoms with van der Waals surface area (Å²) in [6.07, 6.45) is 0. The second-order valence-corrected chi connectivity index (χ2v) is 4.95. The molecule has 7 heteroatoms. The van der Waals surface area contributed by atoms with Gasteiger partial charge in [0.1, 0.15) is 10.8 Å². The number of rotatable bonds is 3. The van der Waals surface area contributed by atoms with Gasteiger partial charge in [-0.05, 0) is 19.9 Å². The van der Waals surface area contributed by atoms with Crippen LogP contribution in [0.2, 0.25) is 0 Å². The molecule has 3 N–H and O–H groups in total. The van der Waals surface area contributed by atoms with Gasteiger partial charge >= 0.3 is 0 Å². The first-order valence-electron chi connectivity index (χ1n) is 5.99. The number of pyridine rings is 1. The van der Waals surface area contributed by atoms with Crippen LogP contribution in [0.5, 0.6) is 0 Å². The normalized spacial score (nSPS) is 10.5. The highest BCUT2D eigenvalue weighted by Gasteiger charge is 2.15. The Hall–Kier alpha value is -2.15. The maximum Gasteiger partial charge on any atom is 0.161 e. The highest BCUT2D eigenvalue weighted by molar-refractivity contribution is 7.80. The van der Waals surface area contributed by atoms with Crippen LogP contribution in [0.1, 0.15) is 17.0 Å². The van der Waals surface area contributed by atoms with Crippen molar-refractivity contribution in [3.8, 4) is 0 Å². The first kappa shape index (κ1) is 15.2. The molecule has 0 atom stereocenters. The molecular weight excluding hydrogens is 299 g/mol. The molecule has 0 spiro atoms. The molecular formula is C14H12F3N3S. The molecule has 1 aromatic carbocycles. The smallest absolute Gasteiger partial charge is 0.161 e. The molecule has 0 aliphatic heterocycles. The van der Waals surface area contributed by atoms with Crippen molar-refractivity contribution in [1.29, 1.82) is 0 Å². The first-order valence-corrected chi connectivity index (χ1v) is 6.40. The third-order valence-corrected chi connectivity index (χ3v) is 3.06. The Morgan fingerprint density at radius 1 is 1.05 bits per heavy atom. The molecule has 21 heavy (non-hydrogen) atoms. The summed E-state index contributed by atoms with van der Waals surface area (Å²) in [4.78, 5) is 4.29. The van der Waals surface area contributed by atoms with E-state index in [1.165, 1.54) is 0 Å². The molecule has 1 heterocycles. The molecule has 0 saturated carbocycles. The van der Waals surface area contributed by atoms with Gasteiger partial charge in [-0.3, -0.25) is 4.98 Å². The molecule has 0 amide bonds. The zero-order valence-electron chi connectivity index (χ0n) is 11.3. The van der Waals surface area contributed by atoms with Gasteiger partial charge in [-0.15, -0.1) is 0 Å². The highest BCUT2D eigenvalue weighted by Crippen LogP contribution is 2.27. The van der Waals surface area contributed by atoms with Gasteiger partial charge in [-0.25, -0.2) is 13.2 Å². The number of nitrogens with zero attached hydrogens (tertiary/aromatic N) is 1. The van der Waals surface area contributed by atoms with Crippen molar-refractivity contribution < 1.29 is 13.2 Å². The highest BCUT2D eigenvalue weighted by atomic mass is 32.1. The minimum absolute atomic E-state index is 0.0745. The standard InChI is InChI=1S/C14H12F3N3S/c1-6-3-12(13(14(18)21)7(2)19-6)20-11-5-9(16)8(15)4-10(11)17/h3-5H,1-2H3,(H2,18,21)(H,19,20). The van der Waals surface area contributed by atoms with Crippen LogP contribution < -0.4 is 11.1 Å². The van der Waals surface area contributed by atoms with Crippen LogP contribution in [0.3, 0.4) is 0 Å². The molecule has 0 bridgehead atoms. The molecule has 1 aromatic heterocycles. The van der Waals surface area contributed by atoms with Gasteiger partial charge in [0.15, 0.2) is 11.6 Å². The summed E-state index contributed by atoms with van der Waals surface area (Å²) in [6, 6.07) is 2.81. The lowest BCUT2D eigenvalue weighted by molar-refractivity contribution is 0.496. The average molecular weight is 311 g/mol. The maximum atomic E-state index is 13.7. The van der Waals surface area contributed by atoms with Gasteiger partial charge in [0.2, 0.25) is 0 Å². The summed E-state index contributed by atoms with van der Waals surface area (Å²) in [6.45, 7) is 3.44. The largest absolute Gasteiger partial charge is 0.389 e. The number of halogens is 3. The fourth-order valence-electron chi connectivity index (χ4n) is 2.00. The summed E-state index contributed by atoms with van der Waals surface area (Å²) in [5.41, 5.74) is 7.45. The summed E-state index contributed by atoms with van der Waals surface area (Å²) in [5.74, 6) is -3.33. The van der Waals surface area contributed by atoms with Gasteiger partial charge in [0.05, 0.1) is 16.9 Å². The van der Waals surface area contributed by atoms with Crippen LogP contribution >= 0.6 is 12.2 Å². The SMILES string of the molecule is Cc1cc(Nc2cc(F)c(F)cc2F)c(C(N)=S)c(C)n1. The van der Waals surface area contributed by atoms with Crippen molar-refractivity contribution >= 4 is 28.6 Å². The van der Waals surface area contributed by atoms with E-state index in [1.54, 1.807) is 19.9 Å². The Labute approximate surface area is 125 Å². The van der Waals surface area contributed by atoms with Gasteiger partial charge < -0.3 is 11.1 Å². The molecule has 110 valence electrons. The van der Waals surface area contributed by atoms with Crippen LogP contribution in [0.25, 0.3) is 0 Å². The minimum atomic E-state index is -1.25. The number of nitrogens with two attached hydrogens (primary N) is 1. The topological polar surface area (TPSA) is 50.9 Å². The van der Waals surface area contributed by atoms with Crippen molar-refractivity contribution in [2.75, 3.05) is 5.32 Å². The molecule has 0 fully saturated rings. The zero-order chi connectivity index (χ0) is 15.7. The van der Waals surface area contributed by atoms with Crippen LogP contribution in [0.4, 0.5) is 24.5 Å². The second-order valence-electron chi connectivity index (χ2n) is 4.51. The molecule has 0 unspecified atom stereocenters. The third-order valence-electron chi connectivity index (χ3n) is 2.85. The second kappa shape index (κ2) is 5.69. The molecule has 2 rings (SSSR count). The van der Waals surface area contributed by atoms with E-state index in [2.05, 4.69) is 10.3 Å². The Bertz CT molecular complexity index is 732. The van der Waals surface area contributed by atoms with Gasteiger partial charge in [0, 0.05) is 23.5 Å². The summed E-state index contributed by atoms with van der Waals surface area (Å²) in [5, 5.41) is 2.68. The monoisotopic (exact) mass is 311 g/mol. The predicted molar refractivity (Wildman–Crippen MR) is 79.2 cm³/mol. The van der Waals surface area contributed by atoms with Gasteiger partial charge in [0.25, 0.3) is 0 Å².